The Morgan fingerprint density at radius 3 is 2.58 bits per heavy atom. The fourth-order valence-electron chi connectivity index (χ4n) is 1.89. The van der Waals surface area contributed by atoms with Crippen LogP contribution in [-0.2, 0) is 16.0 Å². The Labute approximate surface area is 114 Å². The van der Waals surface area contributed by atoms with E-state index in [0.717, 1.165) is 12.2 Å². The normalized spacial score (nSPS) is 16.5. The molecule has 0 radical (unpaired) electrons. The Morgan fingerprint density at radius 1 is 1.37 bits per heavy atom. The summed E-state index contributed by atoms with van der Waals surface area (Å²) in [6, 6.07) is 7.82. The number of amides is 1. The molecule has 1 heterocycles. The summed E-state index contributed by atoms with van der Waals surface area (Å²) >= 11 is 0. The molecule has 1 aromatic carbocycles. The number of hydrogen-bond acceptors (Lipinski definition) is 3. The number of benzene rings is 1. The lowest BCUT2D eigenvalue weighted by molar-refractivity contribution is -0.128. The van der Waals surface area contributed by atoms with Crippen molar-refractivity contribution >= 4 is 5.91 Å². The lowest BCUT2D eigenvalue weighted by Crippen LogP contribution is -2.49. The highest BCUT2D eigenvalue weighted by Crippen LogP contribution is 2.24. The van der Waals surface area contributed by atoms with Gasteiger partial charge in [0.1, 0.15) is 5.75 Å². The maximum Gasteiger partial charge on any atom is 0.257 e. The molecule has 4 nitrogen and oxygen atoms in total. The van der Waals surface area contributed by atoms with Crippen LogP contribution in [0.3, 0.4) is 0 Å². The van der Waals surface area contributed by atoms with Gasteiger partial charge in [0, 0.05) is 12.0 Å². The smallest absolute Gasteiger partial charge is 0.257 e. The highest BCUT2D eigenvalue weighted by atomic mass is 16.5. The molecular formula is C15H21NO3. The molecule has 1 aromatic rings. The number of carbonyl (C=O) groups excluding carboxylic acids is 1. The van der Waals surface area contributed by atoms with Crippen LogP contribution in [0.25, 0.3) is 0 Å². The second-order valence-electron chi connectivity index (χ2n) is 5.37. The summed E-state index contributed by atoms with van der Waals surface area (Å²) in [5.41, 5.74) is 1.35. The first-order chi connectivity index (χ1) is 9.11. The minimum Gasteiger partial charge on any atom is -0.484 e. The summed E-state index contributed by atoms with van der Waals surface area (Å²) in [4.78, 5) is 11.6. The highest BCUT2D eigenvalue weighted by Gasteiger charge is 2.33. The number of hydrogen-bond donors (Lipinski definition) is 1. The van der Waals surface area contributed by atoms with E-state index in [9.17, 15) is 4.79 Å². The van der Waals surface area contributed by atoms with Crippen molar-refractivity contribution in [1.82, 2.24) is 5.32 Å². The van der Waals surface area contributed by atoms with E-state index >= 15 is 0 Å². The molecule has 0 spiro atoms. The molecule has 0 aliphatic carbocycles. The standard InChI is InChI=1S/C15H21NO3/c1-3-12-4-6-13(7-5-12)19-8-14(17)16-9-15(2)10-18-11-15/h4-7H,3,8-11H2,1-2H3,(H,16,17). The molecule has 1 saturated heterocycles. The maximum absolute atomic E-state index is 11.6. The van der Waals surface area contributed by atoms with E-state index in [1.807, 2.05) is 24.3 Å². The van der Waals surface area contributed by atoms with Gasteiger partial charge in [0.2, 0.25) is 0 Å². The van der Waals surface area contributed by atoms with Gasteiger partial charge >= 0.3 is 0 Å². The fourth-order valence-corrected chi connectivity index (χ4v) is 1.89. The molecule has 0 bridgehead atoms. The van der Waals surface area contributed by atoms with Crippen LogP contribution in [0.15, 0.2) is 24.3 Å². The van der Waals surface area contributed by atoms with Crippen LogP contribution in [0.1, 0.15) is 19.4 Å². The van der Waals surface area contributed by atoms with Crippen molar-refractivity contribution in [2.75, 3.05) is 26.4 Å². The van der Waals surface area contributed by atoms with Crippen LogP contribution in [-0.4, -0.2) is 32.3 Å². The molecule has 0 atom stereocenters. The second kappa shape index (κ2) is 6.06. The highest BCUT2D eigenvalue weighted by molar-refractivity contribution is 5.77. The van der Waals surface area contributed by atoms with E-state index in [0.29, 0.717) is 19.8 Å². The van der Waals surface area contributed by atoms with Gasteiger partial charge < -0.3 is 14.8 Å². The lowest BCUT2D eigenvalue weighted by atomic mass is 9.89. The van der Waals surface area contributed by atoms with Crippen molar-refractivity contribution in [2.24, 2.45) is 5.41 Å². The Balaban J connectivity index is 1.70. The Hall–Kier alpha value is -1.55. The van der Waals surface area contributed by atoms with Crippen LogP contribution >= 0.6 is 0 Å². The predicted octanol–water partition coefficient (Wildman–Crippen LogP) is 1.78. The third-order valence-corrected chi connectivity index (χ3v) is 3.31. The van der Waals surface area contributed by atoms with Crippen LogP contribution < -0.4 is 10.1 Å². The lowest BCUT2D eigenvalue weighted by Gasteiger charge is -2.37. The van der Waals surface area contributed by atoms with Gasteiger partial charge in [0.25, 0.3) is 5.91 Å². The van der Waals surface area contributed by atoms with Gasteiger partial charge in [-0.05, 0) is 24.1 Å². The molecular weight excluding hydrogens is 242 g/mol. The molecule has 4 heteroatoms. The van der Waals surface area contributed by atoms with Gasteiger partial charge in [0.05, 0.1) is 13.2 Å². The number of aryl methyl sites for hydroxylation is 1. The summed E-state index contributed by atoms with van der Waals surface area (Å²) in [6.45, 7) is 6.33. The number of rotatable bonds is 6. The molecule has 1 amide bonds. The monoisotopic (exact) mass is 263 g/mol. The summed E-state index contributed by atoms with van der Waals surface area (Å²) in [5, 5.41) is 2.87. The van der Waals surface area contributed by atoms with Crippen molar-refractivity contribution in [2.45, 2.75) is 20.3 Å². The minimum absolute atomic E-state index is 0.0579. The SMILES string of the molecule is CCc1ccc(OCC(=O)NCC2(C)COC2)cc1. The van der Waals surface area contributed by atoms with E-state index in [2.05, 4.69) is 19.2 Å². The Kier molecular flexibility index (Phi) is 4.43. The zero-order valence-electron chi connectivity index (χ0n) is 11.6. The summed E-state index contributed by atoms with van der Waals surface area (Å²) in [7, 11) is 0. The molecule has 1 aliphatic rings. The van der Waals surface area contributed by atoms with Crippen molar-refractivity contribution in [3.8, 4) is 5.75 Å². The summed E-state index contributed by atoms with van der Waals surface area (Å²) < 4.78 is 10.6. The summed E-state index contributed by atoms with van der Waals surface area (Å²) in [5.74, 6) is 0.637. The first-order valence-corrected chi connectivity index (χ1v) is 6.67. The summed E-state index contributed by atoms with van der Waals surface area (Å²) in [6.07, 6.45) is 1.00. The third kappa shape index (κ3) is 3.96. The largest absolute Gasteiger partial charge is 0.484 e. The van der Waals surface area contributed by atoms with Crippen molar-refractivity contribution in [3.63, 3.8) is 0 Å². The van der Waals surface area contributed by atoms with Gasteiger partial charge in [-0.1, -0.05) is 26.0 Å². The molecule has 0 aromatic heterocycles. The molecule has 104 valence electrons. The van der Waals surface area contributed by atoms with E-state index in [4.69, 9.17) is 9.47 Å². The van der Waals surface area contributed by atoms with Crippen molar-refractivity contribution < 1.29 is 14.3 Å². The average Bonchev–Trinajstić information content (AvgIpc) is 2.41. The first-order valence-electron chi connectivity index (χ1n) is 6.67. The number of carbonyl (C=O) groups is 1. The van der Waals surface area contributed by atoms with E-state index < -0.39 is 0 Å². The molecule has 1 N–H and O–H groups in total. The molecule has 0 saturated carbocycles. The Morgan fingerprint density at radius 2 is 2.05 bits per heavy atom. The zero-order valence-corrected chi connectivity index (χ0v) is 11.6. The van der Waals surface area contributed by atoms with Gasteiger partial charge in [-0.3, -0.25) is 4.79 Å². The first kappa shape index (κ1) is 13.9. The minimum atomic E-state index is -0.0901. The van der Waals surface area contributed by atoms with Gasteiger partial charge in [-0.15, -0.1) is 0 Å². The van der Waals surface area contributed by atoms with Crippen molar-refractivity contribution in [3.05, 3.63) is 29.8 Å². The van der Waals surface area contributed by atoms with Gasteiger partial charge in [-0.2, -0.15) is 0 Å². The Bertz CT molecular complexity index is 424. The van der Waals surface area contributed by atoms with Crippen LogP contribution in [0, 0.1) is 5.41 Å². The molecule has 2 rings (SSSR count). The second-order valence-corrected chi connectivity index (χ2v) is 5.37. The van der Waals surface area contributed by atoms with Crippen LogP contribution in [0.5, 0.6) is 5.75 Å². The topological polar surface area (TPSA) is 47.6 Å². The predicted molar refractivity (Wildman–Crippen MR) is 73.3 cm³/mol. The quantitative estimate of drug-likeness (QED) is 0.851. The van der Waals surface area contributed by atoms with E-state index in [-0.39, 0.29) is 17.9 Å². The van der Waals surface area contributed by atoms with Crippen LogP contribution in [0.2, 0.25) is 0 Å². The van der Waals surface area contributed by atoms with Crippen LogP contribution in [0.4, 0.5) is 0 Å². The third-order valence-electron chi connectivity index (χ3n) is 3.31. The van der Waals surface area contributed by atoms with E-state index in [1.165, 1.54) is 5.56 Å². The number of nitrogens with one attached hydrogen (secondary N) is 1. The van der Waals surface area contributed by atoms with E-state index in [1.54, 1.807) is 0 Å². The molecule has 19 heavy (non-hydrogen) atoms. The molecule has 1 fully saturated rings. The fraction of sp³-hybridized carbons (Fsp3) is 0.533. The average molecular weight is 263 g/mol. The molecule has 0 unspecified atom stereocenters. The molecule has 1 aliphatic heterocycles. The zero-order chi connectivity index (χ0) is 13.7. The van der Waals surface area contributed by atoms with Gasteiger partial charge in [-0.25, -0.2) is 0 Å². The van der Waals surface area contributed by atoms with Crippen molar-refractivity contribution in [1.29, 1.82) is 0 Å². The number of ether oxygens (including phenoxy) is 2. The maximum atomic E-state index is 11.6. The van der Waals surface area contributed by atoms with Gasteiger partial charge in [0.15, 0.2) is 6.61 Å².